The van der Waals surface area contributed by atoms with E-state index in [1.807, 2.05) is 13.0 Å². The van der Waals surface area contributed by atoms with Crippen molar-refractivity contribution in [1.82, 2.24) is 5.32 Å². The lowest BCUT2D eigenvalue weighted by molar-refractivity contribution is -0.119. The summed E-state index contributed by atoms with van der Waals surface area (Å²) in [6.07, 6.45) is 0.0627. The molecule has 0 fully saturated rings. The van der Waals surface area contributed by atoms with Crippen LogP contribution in [0.15, 0.2) is 36.4 Å². The Morgan fingerprint density at radius 2 is 1.75 bits per heavy atom. The number of nitrogens with two attached hydrogens (primary N) is 1. The first-order valence-electron chi connectivity index (χ1n) is 7.08. The van der Waals surface area contributed by atoms with Crippen LogP contribution in [0.1, 0.15) is 21.5 Å². The Kier molecular flexibility index (Phi) is 5.23. The van der Waals surface area contributed by atoms with Gasteiger partial charge in [0.15, 0.2) is 0 Å². The topological polar surface area (TPSA) is 72.2 Å². The second kappa shape index (κ2) is 7.16. The maximum absolute atomic E-state index is 13.6. The first-order valence-corrected chi connectivity index (χ1v) is 7.08. The van der Waals surface area contributed by atoms with Gasteiger partial charge in [-0.1, -0.05) is 29.8 Å². The molecule has 0 aliphatic rings. The van der Waals surface area contributed by atoms with Crippen LogP contribution in [0.25, 0.3) is 0 Å². The van der Waals surface area contributed by atoms with Gasteiger partial charge in [0.1, 0.15) is 29.1 Å². The van der Waals surface area contributed by atoms with Crippen molar-refractivity contribution in [3.8, 4) is 0 Å². The molecular weight excluding hydrogens is 321 g/mol. The summed E-state index contributed by atoms with van der Waals surface area (Å²) < 4.78 is 40.2. The predicted octanol–water partition coefficient (Wildman–Crippen LogP) is 2.24. The Morgan fingerprint density at radius 1 is 1.12 bits per heavy atom. The summed E-state index contributed by atoms with van der Waals surface area (Å²) in [5, 5.41) is 2.19. The molecule has 2 amide bonds. The third-order valence-electron chi connectivity index (χ3n) is 3.41. The summed E-state index contributed by atoms with van der Waals surface area (Å²) in [7, 11) is 0. The van der Waals surface area contributed by atoms with Crippen molar-refractivity contribution < 1.29 is 22.8 Å². The largest absolute Gasteiger partial charge is 0.368 e. The predicted molar refractivity (Wildman–Crippen MR) is 81.6 cm³/mol. The van der Waals surface area contributed by atoms with Crippen LogP contribution < -0.4 is 11.1 Å². The van der Waals surface area contributed by atoms with Crippen molar-refractivity contribution in [2.24, 2.45) is 5.73 Å². The summed E-state index contributed by atoms with van der Waals surface area (Å²) >= 11 is 0. The van der Waals surface area contributed by atoms with Gasteiger partial charge in [-0.3, -0.25) is 9.59 Å². The van der Waals surface area contributed by atoms with Gasteiger partial charge in [0.25, 0.3) is 5.91 Å². The van der Waals surface area contributed by atoms with Crippen molar-refractivity contribution in [3.05, 3.63) is 70.5 Å². The molecule has 4 nitrogen and oxygen atoms in total. The average molecular weight is 336 g/mol. The van der Waals surface area contributed by atoms with Crippen molar-refractivity contribution in [1.29, 1.82) is 0 Å². The summed E-state index contributed by atoms with van der Waals surface area (Å²) in [5.74, 6) is -5.89. The molecule has 0 aliphatic heterocycles. The van der Waals surface area contributed by atoms with E-state index in [1.165, 1.54) is 0 Å². The molecular formula is C17H15F3N2O2. The van der Waals surface area contributed by atoms with E-state index in [0.717, 1.165) is 11.1 Å². The number of benzene rings is 2. The quantitative estimate of drug-likeness (QED) is 0.879. The molecule has 2 aromatic rings. The molecule has 0 spiro atoms. The van der Waals surface area contributed by atoms with E-state index in [4.69, 9.17) is 5.73 Å². The molecule has 3 N–H and O–H groups in total. The standard InChI is InChI=1S/C17H15F3N2O2/c1-9-3-2-4-10(5-9)6-14(16(21)23)22-17(24)15-12(19)7-11(18)8-13(15)20/h2-5,7-8,14H,6H2,1H3,(H2,21,23)(H,22,24)/t14-/m0/s1. The maximum atomic E-state index is 13.6. The molecule has 0 aromatic heterocycles. The van der Waals surface area contributed by atoms with Crippen LogP contribution in [0, 0.1) is 24.4 Å². The molecule has 24 heavy (non-hydrogen) atoms. The summed E-state index contributed by atoms with van der Waals surface area (Å²) in [6, 6.07) is 6.75. The van der Waals surface area contributed by atoms with Crippen molar-refractivity contribution in [2.75, 3.05) is 0 Å². The fourth-order valence-corrected chi connectivity index (χ4v) is 2.29. The van der Waals surface area contributed by atoms with Crippen LogP contribution in [-0.2, 0) is 11.2 Å². The maximum Gasteiger partial charge on any atom is 0.257 e. The second-order valence-corrected chi connectivity index (χ2v) is 5.37. The summed E-state index contributed by atoms with van der Waals surface area (Å²) in [4.78, 5) is 23.6. The smallest absolute Gasteiger partial charge is 0.257 e. The minimum absolute atomic E-state index is 0.0627. The Morgan fingerprint density at radius 3 is 2.29 bits per heavy atom. The first-order chi connectivity index (χ1) is 11.3. The number of nitrogens with one attached hydrogen (secondary N) is 1. The molecule has 126 valence electrons. The zero-order chi connectivity index (χ0) is 17.9. The first kappa shape index (κ1) is 17.5. The molecule has 2 aromatic carbocycles. The van der Waals surface area contributed by atoms with Gasteiger partial charge in [-0.15, -0.1) is 0 Å². The number of hydrogen-bond acceptors (Lipinski definition) is 2. The zero-order valence-corrected chi connectivity index (χ0v) is 12.8. The lowest BCUT2D eigenvalue weighted by atomic mass is 10.0. The molecule has 0 heterocycles. The average Bonchev–Trinajstić information content (AvgIpc) is 2.45. The lowest BCUT2D eigenvalue weighted by Gasteiger charge is -2.16. The highest BCUT2D eigenvalue weighted by Gasteiger charge is 2.24. The number of rotatable bonds is 5. The SMILES string of the molecule is Cc1cccc(C[C@H](NC(=O)c2c(F)cc(F)cc2F)C(N)=O)c1. The van der Waals surface area contributed by atoms with Crippen molar-refractivity contribution in [3.63, 3.8) is 0 Å². The van der Waals surface area contributed by atoms with Gasteiger partial charge in [-0.2, -0.15) is 0 Å². The highest BCUT2D eigenvalue weighted by atomic mass is 19.1. The third kappa shape index (κ3) is 4.13. The van der Waals surface area contributed by atoms with E-state index in [1.54, 1.807) is 18.2 Å². The van der Waals surface area contributed by atoms with E-state index in [0.29, 0.717) is 12.1 Å². The van der Waals surface area contributed by atoms with E-state index >= 15 is 0 Å². The summed E-state index contributed by atoms with van der Waals surface area (Å²) in [5.41, 5.74) is 5.95. The monoisotopic (exact) mass is 336 g/mol. The lowest BCUT2D eigenvalue weighted by Crippen LogP contribution is -2.46. The van der Waals surface area contributed by atoms with E-state index in [-0.39, 0.29) is 6.42 Å². The fourth-order valence-electron chi connectivity index (χ4n) is 2.29. The van der Waals surface area contributed by atoms with E-state index in [9.17, 15) is 22.8 Å². The molecule has 0 saturated carbocycles. The van der Waals surface area contributed by atoms with E-state index in [2.05, 4.69) is 5.32 Å². The van der Waals surface area contributed by atoms with Crippen LogP contribution in [0.4, 0.5) is 13.2 Å². The van der Waals surface area contributed by atoms with Gasteiger partial charge in [0.05, 0.1) is 0 Å². The number of halogens is 3. The molecule has 0 unspecified atom stereocenters. The van der Waals surface area contributed by atoms with Gasteiger partial charge in [-0.05, 0) is 12.5 Å². The third-order valence-corrected chi connectivity index (χ3v) is 3.41. The Balaban J connectivity index is 2.22. The number of hydrogen-bond donors (Lipinski definition) is 2. The summed E-state index contributed by atoms with van der Waals surface area (Å²) in [6.45, 7) is 1.85. The van der Waals surface area contributed by atoms with Crippen LogP contribution in [0.5, 0.6) is 0 Å². The number of amides is 2. The minimum Gasteiger partial charge on any atom is -0.368 e. The fraction of sp³-hybridized carbons (Fsp3) is 0.176. The number of aryl methyl sites for hydroxylation is 1. The highest BCUT2D eigenvalue weighted by molar-refractivity contribution is 5.97. The molecule has 0 radical (unpaired) electrons. The van der Waals surface area contributed by atoms with Gasteiger partial charge in [-0.25, -0.2) is 13.2 Å². The van der Waals surface area contributed by atoms with E-state index < -0.39 is 40.9 Å². The number of carbonyl (C=O) groups excluding carboxylic acids is 2. The van der Waals surface area contributed by atoms with Gasteiger partial charge >= 0.3 is 0 Å². The van der Waals surface area contributed by atoms with Crippen molar-refractivity contribution >= 4 is 11.8 Å². The Hall–Kier alpha value is -2.83. The highest BCUT2D eigenvalue weighted by Crippen LogP contribution is 2.15. The second-order valence-electron chi connectivity index (χ2n) is 5.37. The van der Waals surface area contributed by atoms with Gasteiger partial charge in [0, 0.05) is 18.6 Å². The molecule has 7 heteroatoms. The van der Waals surface area contributed by atoms with Crippen LogP contribution in [0.3, 0.4) is 0 Å². The molecule has 2 rings (SSSR count). The van der Waals surface area contributed by atoms with Crippen LogP contribution in [-0.4, -0.2) is 17.9 Å². The molecule has 1 atom stereocenters. The number of primary amides is 1. The minimum atomic E-state index is -1.36. The Labute approximate surface area is 136 Å². The zero-order valence-electron chi connectivity index (χ0n) is 12.8. The molecule has 0 saturated heterocycles. The normalized spacial score (nSPS) is 11.8. The molecule has 0 bridgehead atoms. The number of carbonyl (C=O) groups is 2. The van der Waals surface area contributed by atoms with Crippen LogP contribution in [0.2, 0.25) is 0 Å². The van der Waals surface area contributed by atoms with Crippen molar-refractivity contribution in [2.45, 2.75) is 19.4 Å². The Bertz CT molecular complexity index is 770. The van der Waals surface area contributed by atoms with Crippen LogP contribution >= 0.6 is 0 Å². The molecule has 0 aliphatic carbocycles. The van der Waals surface area contributed by atoms with Gasteiger partial charge < -0.3 is 11.1 Å². The van der Waals surface area contributed by atoms with Gasteiger partial charge in [0.2, 0.25) is 5.91 Å².